The second-order valence-electron chi connectivity index (χ2n) is 5.11. The summed E-state index contributed by atoms with van der Waals surface area (Å²) in [7, 11) is 0. The van der Waals surface area contributed by atoms with Gasteiger partial charge in [-0.05, 0) is 34.4 Å². The van der Waals surface area contributed by atoms with E-state index in [1.54, 1.807) is 18.2 Å². The summed E-state index contributed by atoms with van der Waals surface area (Å²) in [6.45, 7) is 0. The van der Waals surface area contributed by atoms with Gasteiger partial charge in [0.2, 0.25) is 0 Å². The Labute approximate surface area is 131 Å². The number of carbonyl (C=O) groups is 2. The third-order valence-electron chi connectivity index (χ3n) is 3.67. The summed E-state index contributed by atoms with van der Waals surface area (Å²) in [6, 6.07) is 12.0. The van der Waals surface area contributed by atoms with E-state index in [2.05, 4.69) is 10.3 Å². The lowest BCUT2D eigenvalue weighted by Gasteiger charge is -2.13. The number of nitrogens with zero attached hydrogens (tertiary/aromatic N) is 1. The first-order valence-corrected chi connectivity index (χ1v) is 6.84. The molecule has 2 amide bonds. The molecule has 2 aromatic rings. The number of carbonyl (C=O) groups excluding carboxylic acids is 1. The summed E-state index contributed by atoms with van der Waals surface area (Å²) >= 11 is 0. The molecule has 3 rings (SSSR count). The minimum atomic E-state index is -1.14. The molecule has 7 nitrogen and oxygen atoms in total. The first kappa shape index (κ1) is 14.6. The fraction of sp³-hybridized carbons (Fsp3) is 0.0625. The summed E-state index contributed by atoms with van der Waals surface area (Å²) in [5.41, 5.74) is 14.1. The number of aliphatic imine (C=N–C) groups is 1. The molecule has 23 heavy (non-hydrogen) atoms. The second kappa shape index (κ2) is 5.45. The molecule has 1 aliphatic rings. The number of benzene rings is 2. The van der Waals surface area contributed by atoms with Gasteiger partial charge in [-0.25, -0.2) is 4.79 Å². The number of amides is 2. The van der Waals surface area contributed by atoms with Gasteiger partial charge < -0.3 is 21.9 Å². The van der Waals surface area contributed by atoms with E-state index >= 15 is 0 Å². The van der Waals surface area contributed by atoms with Crippen molar-refractivity contribution >= 4 is 18.0 Å². The van der Waals surface area contributed by atoms with Gasteiger partial charge in [-0.3, -0.25) is 4.79 Å². The van der Waals surface area contributed by atoms with Crippen molar-refractivity contribution in [2.75, 3.05) is 0 Å². The Morgan fingerprint density at radius 2 is 1.74 bits per heavy atom. The lowest BCUT2D eigenvalue weighted by molar-refractivity contribution is 0.100. The van der Waals surface area contributed by atoms with E-state index in [9.17, 15) is 9.59 Å². The Morgan fingerprint density at radius 3 is 2.43 bits per heavy atom. The number of nitrogens with two attached hydrogens (primary N) is 2. The topological polar surface area (TPSA) is 131 Å². The molecular formula is C16H14N4O3. The van der Waals surface area contributed by atoms with Crippen molar-refractivity contribution in [2.24, 2.45) is 16.5 Å². The van der Waals surface area contributed by atoms with Crippen LogP contribution in [-0.4, -0.2) is 23.1 Å². The van der Waals surface area contributed by atoms with Crippen molar-refractivity contribution < 1.29 is 14.7 Å². The number of hydrogen-bond donors (Lipinski definition) is 4. The van der Waals surface area contributed by atoms with Crippen LogP contribution in [0.3, 0.4) is 0 Å². The van der Waals surface area contributed by atoms with E-state index in [-0.39, 0.29) is 5.96 Å². The van der Waals surface area contributed by atoms with Crippen LogP contribution in [0.2, 0.25) is 0 Å². The molecule has 1 aliphatic carbocycles. The van der Waals surface area contributed by atoms with E-state index in [1.165, 1.54) is 0 Å². The van der Waals surface area contributed by atoms with Crippen LogP contribution in [0.15, 0.2) is 47.5 Å². The highest BCUT2D eigenvalue weighted by Crippen LogP contribution is 2.43. The molecular weight excluding hydrogens is 296 g/mol. The quantitative estimate of drug-likeness (QED) is 0.492. The van der Waals surface area contributed by atoms with Crippen LogP contribution in [-0.2, 0) is 0 Å². The number of rotatable bonds is 2. The van der Waals surface area contributed by atoms with Crippen molar-refractivity contribution in [2.45, 2.75) is 6.04 Å². The van der Waals surface area contributed by atoms with E-state index < -0.39 is 18.0 Å². The van der Waals surface area contributed by atoms with Gasteiger partial charge in [0, 0.05) is 5.56 Å². The molecule has 0 radical (unpaired) electrons. The third kappa shape index (κ3) is 2.59. The summed E-state index contributed by atoms with van der Waals surface area (Å²) in [6.07, 6.45) is -1.14. The predicted octanol–water partition coefficient (Wildman–Crippen LogP) is 1.44. The molecule has 0 aromatic heterocycles. The molecule has 0 bridgehead atoms. The monoisotopic (exact) mass is 310 g/mol. The van der Waals surface area contributed by atoms with Crippen LogP contribution in [0.5, 0.6) is 0 Å². The van der Waals surface area contributed by atoms with Crippen LogP contribution < -0.4 is 16.8 Å². The van der Waals surface area contributed by atoms with Crippen LogP contribution in [0.25, 0.3) is 11.1 Å². The van der Waals surface area contributed by atoms with Gasteiger partial charge in [0.1, 0.15) is 0 Å². The largest absolute Gasteiger partial charge is 0.465 e. The van der Waals surface area contributed by atoms with Crippen molar-refractivity contribution in [3.05, 3.63) is 59.2 Å². The van der Waals surface area contributed by atoms with Gasteiger partial charge in [-0.1, -0.05) is 30.3 Å². The number of nitrogens with one attached hydrogen (secondary N) is 1. The Hall–Kier alpha value is -3.35. The molecule has 1 unspecified atom stereocenters. The van der Waals surface area contributed by atoms with Gasteiger partial charge in [-0.15, -0.1) is 0 Å². The van der Waals surface area contributed by atoms with Gasteiger partial charge in [0.25, 0.3) is 5.91 Å². The smallest absolute Gasteiger partial charge is 0.405 e. The van der Waals surface area contributed by atoms with E-state index in [1.807, 2.05) is 24.3 Å². The molecule has 0 heterocycles. The van der Waals surface area contributed by atoms with Crippen molar-refractivity contribution in [1.82, 2.24) is 5.32 Å². The number of carboxylic acid groups (broad SMARTS) is 1. The Bertz CT molecular complexity index is 841. The highest BCUT2D eigenvalue weighted by Gasteiger charge is 2.30. The van der Waals surface area contributed by atoms with Crippen LogP contribution in [0, 0.1) is 0 Å². The number of guanidine groups is 1. The first-order valence-electron chi connectivity index (χ1n) is 6.84. The molecule has 0 saturated heterocycles. The van der Waals surface area contributed by atoms with E-state index in [0.29, 0.717) is 11.1 Å². The average molecular weight is 310 g/mol. The molecule has 116 valence electrons. The molecule has 7 heteroatoms. The molecule has 0 fully saturated rings. The standard InChI is InChI=1S/C16H14N4O3/c17-15(18)20-14(21)8-5-6-10-9-3-1-2-4-11(9)13(12(10)7-8)19-16(22)23/h1-7,13,19H,(H,22,23)(H4,17,18,20,21). The second-order valence-corrected chi connectivity index (χ2v) is 5.11. The highest BCUT2D eigenvalue weighted by molar-refractivity contribution is 6.02. The summed E-state index contributed by atoms with van der Waals surface area (Å²) < 4.78 is 0. The normalized spacial score (nSPS) is 14.5. The minimum Gasteiger partial charge on any atom is -0.465 e. The molecule has 0 saturated carbocycles. The predicted molar refractivity (Wildman–Crippen MR) is 85.0 cm³/mol. The van der Waals surface area contributed by atoms with Crippen molar-refractivity contribution in [1.29, 1.82) is 0 Å². The first-order chi connectivity index (χ1) is 11.0. The highest BCUT2D eigenvalue weighted by atomic mass is 16.4. The minimum absolute atomic E-state index is 0.294. The lowest BCUT2D eigenvalue weighted by Crippen LogP contribution is -2.26. The van der Waals surface area contributed by atoms with Gasteiger partial charge in [-0.2, -0.15) is 4.99 Å². The Kier molecular flexibility index (Phi) is 3.46. The maximum Gasteiger partial charge on any atom is 0.405 e. The molecule has 1 atom stereocenters. The number of fused-ring (bicyclic) bond motifs is 3. The fourth-order valence-corrected chi connectivity index (χ4v) is 2.80. The van der Waals surface area contributed by atoms with Crippen LogP contribution in [0.4, 0.5) is 4.79 Å². The zero-order valence-electron chi connectivity index (χ0n) is 12.0. The van der Waals surface area contributed by atoms with E-state index in [4.69, 9.17) is 16.6 Å². The van der Waals surface area contributed by atoms with Gasteiger partial charge >= 0.3 is 6.09 Å². The SMILES string of the molecule is NC(N)=NC(=O)c1ccc2c(c1)C(NC(=O)O)c1ccccc1-2. The maximum atomic E-state index is 12.0. The van der Waals surface area contributed by atoms with Crippen LogP contribution in [0.1, 0.15) is 27.5 Å². The average Bonchev–Trinajstić information content (AvgIpc) is 2.80. The third-order valence-corrected chi connectivity index (χ3v) is 3.67. The summed E-state index contributed by atoms with van der Waals surface area (Å²) in [5, 5.41) is 11.6. The van der Waals surface area contributed by atoms with Gasteiger partial charge in [0.15, 0.2) is 5.96 Å². The fourth-order valence-electron chi connectivity index (χ4n) is 2.80. The Balaban J connectivity index is 2.11. The van der Waals surface area contributed by atoms with Crippen LogP contribution >= 0.6 is 0 Å². The molecule has 0 aliphatic heterocycles. The zero-order valence-corrected chi connectivity index (χ0v) is 12.0. The van der Waals surface area contributed by atoms with Gasteiger partial charge in [0.05, 0.1) is 6.04 Å². The Morgan fingerprint density at radius 1 is 1.04 bits per heavy atom. The summed E-state index contributed by atoms with van der Waals surface area (Å²) in [4.78, 5) is 26.6. The van der Waals surface area contributed by atoms with Crippen molar-refractivity contribution in [3.8, 4) is 11.1 Å². The molecule has 2 aromatic carbocycles. The molecule has 6 N–H and O–H groups in total. The van der Waals surface area contributed by atoms with E-state index in [0.717, 1.165) is 16.7 Å². The molecule has 0 spiro atoms. The summed E-state index contributed by atoms with van der Waals surface area (Å²) in [5.74, 6) is -0.892. The van der Waals surface area contributed by atoms with Crippen molar-refractivity contribution in [3.63, 3.8) is 0 Å². The zero-order chi connectivity index (χ0) is 16.6. The number of hydrogen-bond acceptors (Lipinski definition) is 2. The lowest BCUT2D eigenvalue weighted by atomic mass is 10.0. The maximum absolute atomic E-state index is 12.0.